The summed E-state index contributed by atoms with van der Waals surface area (Å²) in [6.07, 6.45) is 3.98. The quantitative estimate of drug-likeness (QED) is 0.729. The van der Waals surface area contributed by atoms with E-state index in [1.54, 1.807) is 24.5 Å². The van der Waals surface area contributed by atoms with Gasteiger partial charge in [-0.2, -0.15) is 4.98 Å². The van der Waals surface area contributed by atoms with Crippen molar-refractivity contribution in [3.8, 4) is 11.4 Å². The number of aromatic nitrogens is 3. The second kappa shape index (κ2) is 7.90. The number of amides is 1. The molecule has 1 atom stereocenters. The Bertz CT molecular complexity index is 851. The van der Waals surface area contributed by atoms with Gasteiger partial charge in [-0.05, 0) is 36.8 Å². The summed E-state index contributed by atoms with van der Waals surface area (Å²) in [6, 6.07) is 10.9. The molecule has 1 N–H and O–H groups in total. The van der Waals surface area contributed by atoms with Gasteiger partial charge in [0.25, 0.3) is 0 Å². The Kier molecular flexibility index (Phi) is 5.40. The Morgan fingerprint density at radius 3 is 2.96 bits per heavy atom. The number of pyridine rings is 1. The molecule has 0 radical (unpaired) electrons. The maximum absolute atomic E-state index is 12.1. The first-order valence-electron chi connectivity index (χ1n) is 7.89. The van der Waals surface area contributed by atoms with Crippen LogP contribution in [0.5, 0.6) is 0 Å². The maximum Gasteiger partial charge on any atom is 0.227 e. The highest BCUT2D eigenvalue weighted by atomic mass is 35.5. The maximum atomic E-state index is 12.1. The molecule has 3 rings (SSSR count). The van der Waals surface area contributed by atoms with Gasteiger partial charge in [-0.15, -0.1) is 0 Å². The summed E-state index contributed by atoms with van der Waals surface area (Å²) in [6.45, 7) is 1.91. The molecule has 2 aromatic heterocycles. The van der Waals surface area contributed by atoms with Crippen LogP contribution in [0.3, 0.4) is 0 Å². The van der Waals surface area contributed by atoms with Crippen LogP contribution in [0.1, 0.15) is 30.8 Å². The molecule has 7 heteroatoms. The molecule has 0 aliphatic heterocycles. The van der Waals surface area contributed by atoms with Crippen LogP contribution in [0.15, 0.2) is 53.3 Å². The minimum atomic E-state index is -0.125. The van der Waals surface area contributed by atoms with Crippen molar-refractivity contribution in [3.05, 3.63) is 65.3 Å². The Balaban J connectivity index is 1.53. The number of carbonyl (C=O) groups is 1. The van der Waals surface area contributed by atoms with E-state index in [0.29, 0.717) is 23.2 Å². The van der Waals surface area contributed by atoms with Crippen molar-refractivity contribution in [1.82, 2.24) is 20.4 Å². The molecule has 25 heavy (non-hydrogen) atoms. The topological polar surface area (TPSA) is 80.9 Å². The van der Waals surface area contributed by atoms with Gasteiger partial charge in [-0.3, -0.25) is 9.78 Å². The average Bonchev–Trinajstić information content (AvgIpc) is 3.10. The van der Waals surface area contributed by atoms with Crippen LogP contribution in [0.4, 0.5) is 0 Å². The fourth-order valence-corrected chi connectivity index (χ4v) is 2.56. The predicted octanol–water partition coefficient (Wildman–Crippen LogP) is 3.60. The van der Waals surface area contributed by atoms with E-state index in [1.807, 2.05) is 31.2 Å². The van der Waals surface area contributed by atoms with Gasteiger partial charge in [0.05, 0.1) is 6.04 Å². The molecule has 1 amide bonds. The van der Waals surface area contributed by atoms with E-state index in [2.05, 4.69) is 20.4 Å². The third kappa shape index (κ3) is 4.64. The van der Waals surface area contributed by atoms with Crippen LogP contribution < -0.4 is 5.32 Å². The van der Waals surface area contributed by atoms with E-state index in [9.17, 15) is 4.79 Å². The summed E-state index contributed by atoms with van der Waals surface area (Å²) in [5.41, 5.74) is 1.73. The number of carbonyl (C=O) groups excluding carboxylic acids is 1. The third-order valence-corrected chi connectivity index (χ3v) is 3.92. The Morgan fingerprint density at radius 1 is 1.32 bits per heavy atom. The molecule has 0 saturated carbocycles. The van der Waals surface area contributed by atoms with E-state index >= 15 is 0 Å². The van der Waals surface area contributed by atoms with E-state index < -0.39 is 0 Å². The number of nitrogens with one attached hydrogen (secondary N) is 1. The minimum Gasteiger partial charge on any atom is -0.350 e. The van der Waals surface area contributed by atoms with Crippen molar-refractivity contribution < 1.29 is 9.32 Å². The minimum absolute atomic E-state index is 0.0893. The number of nitrogens with zero attached hydrogens (tertiary/aromatic N) is 3. The predicted molar refractivity (Wildman–Crippen MR) is 93.9 cm³/mol. The molecule has 2 heterocycles. The van der Waals surface area contributed by atoms with Crippen molar-refractivity contribution in [1.29, 1.82) is 0 Å². The Hall–Kier alpha value is -2.73. The molecule has 0 saturated heterocycles. The lowest BCUT2D eigenvalue weighted by molar-refractivity contribution is -0.121. The largest absolute Gasteiger partial charge is 0.350 e. The van der Waals surface area contributed by atoms with E-state index in [0.717, 1.165) is 11.1 Å². The SMILES string of the molecule is C[C@H](NC(=O)CCc1nc(-c2cccnc2)no1)c1cccc(Cl)c1. The molecule has 3 aromatic rings. The molecule has 0 spiro atoms. The highest BCUT2D eigenvalue weighted by Crippen LogP contribution is 2.18. The van der Waals surface area contributed by atoms with Gasteiger partial charge in [0.1, 0.15) is 0 Å². The summed E-state index contributed by atoms with van der Waals surface area (Å²) in [7, 11) is 0. The van der Waals surface area contributed by atoms with Gasteiger partial charge in [-0.25, -0.2) is 0 Å². The van der Waals surface area contributed by atoms with E-state index in [4.69, 9.17) is 16.1 Å². The lowest BCUT2D eigenvalue weighted by atomic mass is 10.1. The lowest BCUT2D eigenvalue weighted by Crippen LogP contribution is -2.26. The smallest absolute Gasteiger partial charge is 0.227 e. The van der Waals surface area contributed by atoms with Gasteiger partial charge in [0.2, 0.25) is 17.6 Å². The zero-order valence-corrected chi connectivity index (χ0v) is 14.4. The van der Waals surface area contributed by atoms with Crippen LogP contribution >= 0.6 is 11.6 Å². The average molecular weight is 357 g/mol. The summed E-state index contributed by atoms with van der Waals surface area (Å²) in [4.78, 5) is 20.4. The molecule has 0 bridgehead atoms. The Labute approximate surface area is 150 Å². The number of rotatable bonds is 6. The van der Waals surface area contributed by atoms with Crippen molar-refractivity contribution in [2.24, 2.45) is 0 Å². The van der Waals surface area contributed by atoms with Crippen molar-refractivity contribution in [3.63, 3.8) is 0 Å². The summed E-state index contributed by atoms with van der Waals surface area (Å²) in [5.74, 6) is 0.800. The number of benzene rings is 1. The highest BCUT2D eigenvalue weighted by molar-refractivity contribution is 6.30. The number of hydrogen-bond donors (Lipinski definition) is 1. The van der Waals surface area contributed by atoms with Gasteiger partial charge in [0, 0.05) is 35.8 Å². The third-order valence-electron chi connectivity index (χ3n) is 3.68. The molecular weight excluding hydrogens is 340 g/mol. The molecule has 0 aliphatic rings. The zero-order chi connectivity index (χ0) is 17.6. The summed E-state index contributed by atoms with van der Waals surface area (Å²) in [5, 5.41) is 7.49. The van der Waals surface area contributed by atoms with Crippen molar-refractivity contribution in [2.45, 2.75) is 25.8 Å². The zero-order valence-electron chi connectivity index (χ0n) is 13.6. The normalized spacial score (nSPS) is 11.9. The van der Waals surface area contributed by atoms with E-state index in [-0.39, 0.29) is 18.4 Å². The first-order chi connectivity index (χ1) is 12.1. The monoisotopic (exact) mass is 356 g/mol. The van der Waals surface area contributed by atoms with Crippen LogP contribution in [0.2, 0.25) is 5.02 Å². The number of aryl methyl sites for hydroxylation is 1. The van der Waals surface area contributed by atoms with Crippen molar-refractivity contribution in [2.75, 3.05) is 0 Å². The van der Waals surface area contributed by atoms with Gasteiger partial charge in [0.15, 0.2) is 0 Å². The van der Waals surface area contributed by atoms with Crippen LogP contribution in [0.25, 0.3) is 11.4 Å². The molecule has 0 aliphatic carbocycles. The van der Waals surface area contributed by atoms with E-state index in [1.165, 1.54) is 0 Å². The first-order valence-corrected chi connectivity index (χ1v) is 8.27. The van der Waals surface area contributed by atoms with Gasteiger partial charge >= 0.3 is 0 Å². The first kappa shape index (κ1) is 17.1. The van der Waals surface area contributed by atoms with Crippen LogP contribution in [0, 0.1) is 0 Å². The fraction of sp³-hybridized carbons (Fsp3) is 0.222. The Morgan fingerprint density at radius 2 is 2.20 bits per heavy atom. The molecule has 0 fully saturated rings. The fourth-order valence-electron chi connectivity index (χ4n) is 2.36. The van der Waals surface area contributed by atoms with Gasteiger partial charge in [-0.1, -0.05) is 28.9 Å². The molecule has 1 aromatic carbocycles. The molecule has 128 valence electrons. The second-order valence-electron chi connectivity index (χ2n) is 5.60. The van der Waals surface area contributed by atoms with Crippen LogP contribution in [-0.2, 0) is 11.2 Å². The summed E-state index contributed by atoms with van der Waals surface area (Å²) < 4.78 is 5.19. The molecule has 0 unspecified atom stereocenters. The van der Waals surface area contributed by atoms with Crippen molar-refractivity contribution >= 4 is 17.5 Å². The lowest BCUT2D eigenvalue weighted by Gasteiger charge is -2.14. The standard InChI is InChI=1S/C18H17ClN4O2/c1-12(13-4-2-6-15(19)10-13)21-16(24)7-8-17-22-18(23-25-17)14-5-3-9-20-11-14/h2-6,9-12H,7-8H2,1H3,(H,21,24)/t12-/m0/s1. The molecule has 6 nitrogen and oxygen atoms in total. The number of halogens is 1. The molecular formula is C18H17ClN4O2. The van der Waals surface area contributed by atoms with Crippen LogP contribution in [-0.4, -0.2) is 21.0 Å². The summed E-state index contributed by atoms with van der Waals surface area (Å²) >= 11 is 5.97. The second-order valence-corrected chi connectivity index (χ2v) is 6.03. The highest BCUT2D eigenvalue weighted by Gasteiger charge is 2.13. The van der Waals surface area contributed by atoms with Gasteiger partial charge < -0.3 is 9.84 Å². The number of hydrogen-bond acceptors (Lipinski definition) is 5.